The molecule has 1 N–H and O–H groups in total. The Labute approximate surface area is 155 Å². The van der Waals surface area contributed by atoms with Gasteiger partial charge in [-0.15, -0.1) is 0 Å². The van der Waals surface area contributed by atoms with Crippen molar-refractivity contribution in [3.8, 4) is 6.07 Å². The minimum atomic E-state index is -0.434. The van der Waals surface area contributed by atoms with Crippen molar-refractivity contribution in [1.29, 1.82) is 5.26 Å². The number of nitrogens with one attached hydrogen (secondary N) is 1. The Kier molecular flexibility index (Phi) is 4.19. The smallest absolute Gasteiger partial charge is 0.329 e. The Bertz CT molecular complexity index is 1110. The van der Waals surface area contributed by atoms with E-state index in [-0.39, 0.29) is 24.7 Å². The van der Waals surface area contributed by atoms with Gasteiger partial charge in [0.25, 0.3) is 5.91 Å². The summed E-state index contributed by atoms with van der Waals surface area (Å²) in [6.07, 6.45) is 3.49. The first kappa shape index (κ1) is 16.6. The SMILES string of the molecule is N#CCn1cc(/C=C2/NC(=O)N(Cc3ccccc3)C2=O)c2ccccc21. The van der Waals surface area contributed by atoms with Gasteiger partial charge < -0.3 is 9.88 Å². The number of carbonyl (C=O) groups is 2. The zero-order chi connectivity index (χ0) is 18.8. The molecule has 6 nitrogen and oxygen atoms in total. The third-order valence-electron chi connectivity index (χ3n) is 4.51. The Morgan fingerprint density at radius 3 is 2.56 bits per heavy atom. The Morgan fingerprint density at radius 2 is 1.78 bits per heavy atom. The molecule has 4 rings (SSSR count). The molecule has 132 valence electrons. The fourth-order valence-corrected chi connectivity index (χ4v) is 3.23. The molecule has 1 aliphatic heterocycles. The van der Waals surface area contributed by atoms with Gasteiger partial charge in [0.1, 0.15) is 12.2 Å². The summed E-state index contributed by atoms with van der Waals surface area (Å²) in [5, 5.41) is 12.6. The van der Waals surface area contributed by atoms with Crippen LogP contribution in [-0.4, -0.2) is 21.4 Å². The summed E-state index contributed by atoms with van der Waals surface area (Å²) in [6, 6.07) is 18.7. The number of benzene rings is 2. The predicted octanol–water partition coefficient (Wildman–Crippen LogP) is 3.26. The highest BCUT2D eigenvalue weighted by Crippen LogP contribution is 2.25. The third-order valence-corrected chi connectivity index (χ3v) is 4.51. The van der Waals surface area contributed by atoms with E-state index in [0.29, 0.717) is 0 Å². The number of para-hydroxylation sites is 1. The Morgan fingerprint density at radius 1 is 1.04 bits per heavy atom. The van der Waals surface area contributed by atoms with E-state index < -0.39 is 6.03 Å². The number of rotatable bonds is 4. The first-order valence-electron chi connectivity index (χ1n) is 8.50. The van der Waals surface area contributed by atoms with Gasteiger partial charge in [0.15, 0.2) is 0 Å². The highest BCUT2D eigenvalue weighted by atomic mass is 16.2. The highest BCUT2D eigenvalue weighted by molar-refractivity contribution is 6.14. The van der Waals surface area contributed by atoms with Crippen molar-refractivity contribution in [1.82, 2.24) is 14.8 Å². The van der Waals surface area contributed by atoms with Gasteiger partial charge in [0.2, 0.25) is 0 Å². The molecule has 3 aromatic rings. The maximum Gasteiger partial charge on any atom is 0.329 e. The second-order valence-electron chi connectivity index (χ2n) is 6.25. The number of hydrogen-bond donors (Lipinski definition) is 1. The van der Waals surface area contributed by atoms with E-state index in [4.69, 9.17) is 5.26 Å². The average molecular weight is 356 g/mol. The fraction of sp³-hybridized carbons (Fsp3) is 0.0952. The predicted molar refractivity (Wildman–Crippen MR) is 101 cm³/mol. The number of urea groups is 1. The second-order valence-corrected chi connectivity index (χ2v) is 6.25. The van der Waals surface area contributed by atoms with Crippen LogP contribution in [0.1, 0.15) is 11.1 Å². The minimum Gasteiger partial charge on any atom is -0.333 e. The van der Waals surface area contributed by atoms with Crippen LogP contribution in [0, 0.1) is 11.3 Å². The summed E-state index contributed by atoms with van der Waals surface area (Å²) in [6.45, 7) is 0.434. The molecule has 0 saturated carbocycles. The van der Waals surface area contributed by atoms with Crippen LogP contribution in [0.25, 0.3) is 17.0 Å². The minimum absolute atomic E-state index is 0.212. The van der Waals surface area contributed by atoms with Crippen molar-refractivity contribution in [3.63, 3.8) is 0 Å². The summed E-state index contributed by atoms with van der Waals surface area (Å²) in [7, 11) is 0. The number of aromatic nitrogens is 1. The summed E-state index contributed by atoms with van der Waals surface area (Å²) >= 11 is 0. The zero-order valence-electron chi connectivity index (χ0n) is 14.4. The average Bonchev–Trinajstić information content (AvgIpc) is 3.16. The van der Waals surface area contributed by atoms with Gasteiger partial charge in [-0.05, 0) is 17.7 Å². The molecule has 1 aromatic heterocycles. The quantitative estimate of drug-likeness (QED) is 0.576. The van der Waals surface area contributed by atoms with Crippen molar-refractivity contribution >= 4 is 28.9 Å². The monoisotopic (exact) mass is 356 g/mol. The van der Waals surface area contributed by atoms with Gasteiger partial charge in [-0.3, -0.25) is 9.69 Å². The zero-order valence-corrected chi connectivity index (χ0v) is 14.4. The van der Waals surface area contributed by atoms with Gasteiger partial charge in [0, 0.05) is 22.7 Å². The molecule has 0 unspecified atom stereocenters. The number of amides is 3. The van der Waals surface area contributed by atoms with Crippen molar-refractivity contribution < 1.29 is 9.59 Å². The summed E-state index contributed by atoms with van der Waals surface area (Å²) in [5.74, 6) is -0.360. The molecular weight excluding hydrogens is 340 g/mol. The first-order valence-corrected chi connectivity index (χ1v) is 8.50. The van der Waals surface area contributed by atoms with Crippen molar-refractivity contribution in [2.24, 2.45) is 0 Å². The Balaban J connectivity index is 1.67. The second kappa shape index (κ2) is 6.81. The number of hydrogen-bond acceptors (Lipinski definition) is 3. The number of carbonyl (C=O) groups excluding carboxylic acids is 2. The summed E-state index contributed by atoms with van der Waals surface area (Å²) in [5.41, 5.74) is 2.80. The molecule has 0 bridgehead atoms. The molecule has 1 saturated heterocycles. The van der Waals surface area contributed by atoms with E-state index in [2.05, 4.69) is 11.4 Å². The van der Waals surface area contributed by atoms with E-state index in [1.807, 2.05) is 65.4 Å². The molecule has 3 amide bonds. The van der Waals surface area contributed by atoms with E-state index in [1.165, 1.54) is 4.90 Å². The van der Waals surface area contributed by atoms with E-state index in [0.717, 1.165) is 22.0 Å². The largest absolute Gasteiger partial charge is 0.333 e. The maximum absolute atomic E-state index is 12.7. The van der Waals surface area contributed by atoms with Crippen LogP contribution in [0.3, 0.4) is 0 Å². The van der Waals surface area contributed by atoms with Gasteiger partial charge in [0.05, 0.1) is 12.6 Å². The lowest BCUT2D eigenvalue weighted by Crippen LogP contribution is -2.30. The Hall–Kier alpha value is -3.85. The van der Waals surface area contributed by atoms with Crippen LogP contribution < -0.4 is 5.32 Å². The molecule has 6 heteroatoms. The van der Waals surface area contributed by atoms with Crippen LogP contribution >= 0.6 is 0 Å². The lowest BCUT2D eigenvalue weighted by molar-refractivity contribution is -0.123. The first-order chi connectivity index (χ1) is 13.2. The normalized spacial score (nSPS) is 15.4. The topological polar surface area (TPSA) is 78.1 Å². The van der Waals surface area contributed by atoms with Crippen LogP contribution in [0.15, 0.2) is 66.5 Å². The van der Waals surface area contributed by atoms with Crippen molar-refractivity contribution in [3.05, 3.63) is 77.6 Å². The fourth-order valence-electron chi connectivity index (χ4n) is 3.23. The van der Waals surface area contributed by atoms with E-state index >= 15 is 0 Å². The summed E-state index contributed by atoms with van der Waals surface area (Å²) in [4.78, 5) is 26.2. The van der Waals surface area contributed by atoms with Crippen LogP contribution in [0.4, 0.5) is 4.79 Å². The molecule has 2 heterocycles. The van der Waals surface area contributed by atoms with Crippen LogP contribution in [0.5, 0.6) is 0 Å². The molecule has 1 aliphatic rings. The molecule has 0 atom stereocenters. The molecule has 0 radical (unpaired) electrons. The van der Waals surface area contributed by atoms with Crippen LogP contribution in [0.2, 0.25) is 0 Å². The van der Waals surface area contributed by atoms with E-state index in [1.54, 1.807) is 6.08 Å². The summed E-state index contributed by atoms with van der Waals surface area (Å²) < 4.78 is 1.82. The lowest BCUT2D eigenvalue weighted by atomic mass is 10.1. The standard InChI is InChI=1S/C21H16N4O2/c22-10-11-24-14-16(17-8-4-5-9-19(17)24)12-18-20(26)25(21(27)23-18)13-15-6-2-1-3-7-15/h1-9,12,14H,11,13H2,(H,23,27)/b18-12+. The van der Waals surface area contributed by atoms with Gasteiger partial charge in [-0.2, -0.15) is 5.26 Å². The molecule has 1 fully saturated rings. The van der Waals surface area contributed by atoms with E-state index in [9.17, 15) is 9.59 Å². The third kappa shape index (κ3) is 3.07. The van der Waals surface area contributed by atoms with Gasteiger partial charge in [-0.25, -0.2) is 4.79 Å². The number of nitriles is 1. The number of imide groups is 1. The highest BCUT2D eigenvalue weighted by Gasteiger charge is 2.33. The van der Waals surface area contributed by atoms with Crippen LogP contribution in [-0.2, 0) is 17.9 Å². The van der Waals surface area contributed by atoms with Gasteiger partial charge in [-0.1, -0.05) is 48.5 Å². The maximum atomic E-state index is 12.7. The molecule has 27 heavy (non-hydrogen) atoms. The number of nitrogens with zero attached hydrogens (tertiary/aromatic N) is 3. The van der Waals surface area contributed by atoms with Gasteiger partial charge >= 0.3 is 6.03 Å². The lowest BCUT2D eigenvalue weighted by Gasteiger charge is -2.11. The molecule has 2 aromatic carbocycles. The van der Waals surface area contributed by atoms with Crippen molar-refractivity contribution in [2.75, 3.05) is 0 Å². The van der Waals surface area contributed by atoms with Crippen molar-refractivity contribution in [2.45, 2.75) is 13.1 Å². The number of fused-ring (bicyclic) bond motifs is 1. The molecule has 0 spiro atoms. The molecule has 0 aliphatic carbocycles. The molecular formula is C21H16N4O2.